The highest BCUT2D eigenvalue weighted by atomic mass is 79.9. The van der Waals surface area contributed by atoms with E-state index in [0.29, 0.717) is 4.47 Å². The predicted octanol–water partition coefficient (Wildman–Crippen LogP) is 2.95. The van der Waals surface area contributed by atoms with Gasteiger partial charge in [0.2, 0.25) is 0 Å². The second kappa shape index (κ2) is 5.63. The fourth-order valence-corrected chi connectivity index (χ4v) is 2.11. The lowest BCUT2D eigenvalue weighted by atomic mass is 10.0. The highest BCUT2D eigenvalue weighted by Crippen LogP contribution is 2.22. The molecule has 3 nitrogen and oxygen atoms in total. The highest BCUT2D eigenvalue weighted by Gasteiger charge is 2.10. The topological polar surface area (TPSA) is 43.8 Å². The summed E-state index contributed by atoms with van der Waals surface area (Å²) in [5.41, 5.74) is 8.01. The Morgan fingerprint density at radius 3 is 2.83 bits per heavy atom. The second-order valence-electron chi connectivity index (χ2n) is 4.26. The van der Waals surface area contributed by atoms with Crippen LogP contribution in [-0.4, -0.2) is 9.78 Å². The van der Waals surface area contributed by atoms with Gasteiger partial charge in [0.1, 0.15) is 5.82 Å². The average Bonchev–Trinajstić information content (AvgIpc) is 2.75. The van der Waals surface area contributed by atoms with E-state index in [1.807, 2.05) is 23.9 Å². The molecular weight excluding hydrogens is 297 g/mol. The van der Waals surface area contributed by atoms with Crippen LogP contribution in [0.15, 0.2) is 34.9 Å². The first-order valence-corrected chi connectivity index (χ1v) is 6.54. The number of benzene rings is 1. The minimum Gasteiger partial charge on any atom is -0.324 e. The molecule has 18 heavy (non-hydrogen) atoms. The number of hydrogen-bond acceptors (Lipinski definition) is 2. The normalized spacial score (nSPS) is 12.7. The van der Waals surface area contributed by atoms with E-state index < -0.39 is 0 Å². The Morgan fingerprint density at radius 1 is 1.44 bits per heavy atom. The zero-order chi connectivity index (χ0) is 13.1. The molecule has 1 atom stereocenters. The fourth-order valence-electron chi connectivity index (χ4n) is 1.86. The van der Waals surface area contributed by atoms with E-state index in [9.17, 15) is 4.39 Å². The van der Waals surface area contributed by atoms with Crippen LogP contribution in [0.5, 0.6) is 0 Å². The molecule has 96 valence electrons. The van der Waals surface area contributed by atoms with Gasteiger partial charge in [-0.05, 0) is 52.5 Å². The van der Waals surface area contributed by atoms with Crippen molar-refractivity contribution < 1.29 is 4.39 Å². The van der Waals surface area contributed by atoms with Gasteiger partial charge in [-0.3, -0.25) is 4.68 Å². The summed E-state index contributed by atoms with van der Waals surface area (Å²) in [6.45, 7) is 0. The molecule has 0 aliphatic rings. The van der Waals surface area contributed by atoms with Crippen molar-refractivity contribution in [3.8, 4) is 0 Å². The van der Waals surface area contributed by atoms with E-state index >= 15 is 0 Å². The van der Waals surface area contributed by atoms with E-state index in [2.05, 4.69) is 21.0 Å². The number of aryl methyl sites for hydroxylation is 2. The smallest absolute Gasteiger partial charge is 0.137 e. The first-order valence-electron chi connectivity index (χ1n) is 5.75. The molecule has 5 heteroatoms. The SMILES string of the molecule is Cn1nccc1CCC(N)c1ccc(Br)c(F)c1. The molecule has 0 spiro atoms. The Morgan fingerprint density at radius 2 is 2.22 bits per heavy atom. The van der Waals surface area contributed by atoms with Crippen LogP contribution in [0, 0.1) is 5.82 Å². The van der Waals surface area contributed by atoms with Crippen molar-refractivity contribution in [2.24, 2.45) is 12.8 Å². The lowest BCUT2D eigenvalue weighted by Gasteiger charge is -2.12. The summed E-state index contributed by atoms with van der Waals surface area (Å²) in [6, 6.07) is 6.82. The van der Waals surface area contributed by atoms with E-state index in [1.165, 1.54) is 6.07 Å². The van der Waals surface area contributed by atoms with Gasteiger partial charge in [0.05, 0.1) is 4.47 Å². The Hall–Kier alpha value is -1.20. The lowest BCUT2D eigenvalue weighted by Crippen LogP contribution is -2.12. The average molecular weight is 312 g/mol. The summed E-state index contributed by atoms with van der Waals surface area (Å²) >= 11 is 3.13. The number of aromatic nitrogens is 2. The van der Waals surface area contributed by atoms with Crippen LogP contribution in [0.4, 0.5) is 4.39 Å². The molecule has 0 amide bonds. The molecule has 1 heterocycles. The third-order valence-corrected chi connectivity index (χ3v) is 3.65. The van der Waals surface area contributed by atoms with Gasteiger partial charge >= 0.3 is 0 Å². The van der Waals surface area contributed by atoms with Crippen LogP contribution < -0.4 is 5.73 Å². The predicted molar refractivity (Wildman–Crippen MR) is 72.6 cm³/mol. The molecule has 0 saturated carbocycles. The highest BCUT2D eigenvalue weighted by molar-refractivity contribution is 9.10. The van der Waals surface area contributed by atoms with Crippen molar-refractivity contribution in [2.75, 3.05) is 0 Å². The minimum atomic E-state index is -0.275. The second-order valence-corrected chi connectivity index (χ2v) is 5.12. The van der Waals surface area contributed by atoms with Crippen molar-refractivity contribution in [3.05, 3.63) is 52.0 Å². The Bertz CT molecular complexity index is 539. The molecule has 0 saturated heterocycles. The number of nitrogens with zero attached hydrogens (tertiary/aromatic N) is 2. The third-order valence-electron chi connectivity index (χ3n) is 3.01. The maximum Gasteiger partial charge on any atom is 0.137 e. The molecule has 0 fully saturated rings. The molecule has 2 N–H and O–H groups in total. The lowest BCUT2D eigenvalue weighted by molar-refractivity contribution is 0.593. The van der Waals surface area contributed by atoms with Gasteiger partial charge in [0.15, 0.2) is 0 Å². The van der Waals surface area contributed by atoms with Crippen molar-refractivity contribution >= 4 is 15.9 Å². The maximum absolute atomic E-state index is 13.4. The van der Waals surface area contributed by atoms with Gasteiger partial charge < -0.3 is 5.73 Å². The molecule has 2 rings (SSSR count). The Balaban J connectivity index is 2.01. The van der Waals surface area contributed by atoms with E-state index in [1.54, 1.807) is 12.3 Å². The van der Waals surface area contributed by atoms with Gasteiger partial charge in [0, 0.05) is 25.0 Å². The van der Waals surface area contributed by atoms with E-state index in [0.717, 1.165) is 24.1 Å². The van der Waals surface area contributed by atoms with Gasteiger partial charge in [0.25, 0.3) is 0 Å². The minimum absolute atomic E-state index is 0.164. The van der Waals surface area contributed by atoms with Crippen LogP contribution in [0.3, 0.4) is 0 Å². The first-order chi connectivity index (χ1) is 8.58. The molecule has 1 aromatic carbocycles. The summed E-state index contributed by atoms with van der Waals surface area (Å²) < 4.78 is 15.7. The molecule has 0 radical (unpaired) electrons. The monoisotopic (exact) mass is 311 g/mol. The zero-order valence-electron chi connectivity index (χ0n) is 10.1. The Kier molecular flexibility index (Phi) is 4.14. The van der Waals surface area contributed by atoms with Gasteiger partial charge in [-0.25, -0.2) is 4.39 Å². The van der Waals surface area contributed by atoms with Crippen LogP contribution in [0.1, 0.15) is 23.7 Å². The summed E-state index contributed by atoms with van der Waals surface area (Å²) in [6.07, 6.45) is 3.36. The van der Waals surface area contributed by atoms with E-state index in [4.69, 9.17) is 5.73 Å². The van der Waals surface area contributed by atoms with Crippen LogP contribution in [-0.2, 0) is 13.5 Å². The maximum atomic E-state index is 13.4. The number of hydrogen-bond donors (Lipinski definition) is 1. The van der Waals surface area contributed by atoms with Crippen molar-refractivity contribution in [1.29, 1.82) is 0 Å². The number of rotatable bonds is 4. The van der Waals surface area contributed by atoms with Gasteiger partial charge in [-0.1, -0.05) is 6.07 Å². The molecule has 0 aliphatic carbocycles. The fraction of sp³-hybridized carbons (Fsp3) is 0.308. The number of nitrogens with two attached hydrogens (primary N) is 1. The first kappa shape index (κ1) is 13.2. The largest absolute Gasteiger partial charge is 0.324 e. The number of halogens is 2. The molecule has 0 aliphatic heterocycles. The Labute approximate surface area is 114 Å². The third kappa shape index (κ3) is 2.97. The molecule has 2 aromatic rings. The van der Waals surface area contributed by atoms with Crippen molar-refractivity contribution in [1.82, 2.24) is 9.78 Å². The van der Waals surface area contributed by atoms with Gasteiger partial charge in [-0.2, -0.15) is 5.10 Å². The van der Waals surface area contributed by atoms with Crippen LogP contribution in [0.2, 0.25) is 0 Å². The van der Waals surface area contributed by atoms with Crippen molar-refractivity contribution in [3.63, 3.8) is 0 Å². The summed E-state index contributed by atoms with van der Waals surface area (Å²) in [5.74, 6) is -0.275. The van der Waals surface area contributed by atoms with Crippen LogP contribution >= 0.6 is 15.9 Å². The standard InChI is InChI=1S/C13H15BrFN3/c1-18-10(6-7-17-18)3-5-13(16)9-2-4-11(14)12(15)8-9/h2,4,6-8,13H,3,5,16H2,1H3. The molecule has 0 bridgehead atoms. The quantitative estimate of drug-likeness (QED) is 0.943. The van der Waals surface area contributed by atoms with Crippen molar-refractivity contribution in [2.45, 2.75) is 18.9 Å². The summed E-state index contributed by atoms with van der Waals surface area (Å²) in [7, 11) is 1.90. The molecule has 1 unspecified atom stereocenters. The summed E-state index contributed by atoms with van der Waals surface area (Å²) in [5, 5.41) is 4.10. The van der Waals surface area contributed by atoms with Crippen LogP contribution in [0.25, 0.3) is 0 Å². The molecule has 1 aromatic heterocycles. The zero-order valence-corrected chi connectivity index (χ0v) is 11.7. The van der Waals surface area contributed by atoms with E-state index in [-0.39, 0.29) is 11.9 Å². The van der Waals surface area contributed by atoms with Gasteiger partial charge in [-0.15, -0.1) is 0 Å². The summed E-state index contributed by atoms with van der Waals surface area (Å²) in [4.78, 5) is 0. The molecular formula is C13H15BrFN3.